The Balaban J connectivity index is 3.16. The van der Waals surface area contributed by atoms with Gasteiger partial charge in [0, 0.05) is 22.5 Å². The summed E-state index contributed by atoms with van der Waals surface area (Å²) in [4.78, 5) is 10.6. The fourth-order valence-electron chi connectivity index (χ4n) is 2.03. The number of halogens is 1. The first kappa shape index (κ1) is 15.8. The Kier molecular flexibility index (Phi) is 5.62. The highest BCUT2D eigenvalue weighted by atomic mass is 79.9. The van der Waals surface area contributed by atoms with Gasteiger partial charge >= 0.3 is 5.97 Å². The van der Waals surface area contributed by atoms with Crippen molar-refractivity contribution in [2.24, 2.45) is 5.73 Å². The number of benzene rings is 1. The van der Waals surface area contributed by atoms with Crippen LogP contribution in [0.2, 0.25) is 0 Å². The van der Waals surface area contributed by atoms with Crippen LogP contribution in [0.4, 0.5) is 0 Å². The Morgan fingerprint density at radius 1 is 1.47 bits per heavy atom. The zero-order valence-electron chi connectivity index (χ0n) is 11.2. The minimum atomic E-state index is -0.857. The summed E-state index contributed by atoms with van der Waals surface area (Å²) in [6.45, 7) is 1.88. The van der Waals surface area contributed by atoms with Crippen molar-refractivity contribution in [2.75, 3.05) is 14.2 Å². The number of rotatable bonds is 6. The molecule has 0 fully saturated rings. The molecule has 0 aromatic heterocycles. The highest BCUT2D eigenvalue weighted by molar-refractivity contribution is 9.10. The summed E-state index contributed by atoms with van der Waals surface area (Å²) in [5.74, 6) is 0.372. The van der Waals surface area contributed by atoms with Gasteiger partial charge in [0.1, 0.15) is 0 Å². The molecule has 0 spiro atoms. The molecule has 1 atom stereocenters. The van der Waals surface area contributed by atoms with E-state index in [1.54, 1.807) is 20.3 Å². The smallest absolute Gasteiger partial charge is 0.303 e. The zero-order valence-corrected chi connectivity index (χ0v) is 12.8. The van der Waals surface area contributed by atoms with Crippen LogP contribution in [-0.2, 0) is 4.79 Å². The van der Waals surface area contributed by atoms with E-state index in [4.69, 9.17) is 20.3 Å². The molecule has 1 rings (SSSR count). The summed E-state index contributed by atoms with van der Waals surface area (Å²) in [5.41, 5.74) is 7.77. The van der Waals surface area contributed by atoms with Gasteiger partial charge < -0.3 is 20.3 Å². The van der Waals surface area contributed by atoms with Crippen LogP contribution in [0.1, 0.15) is 30.0 Å². The van der Waals surface area contributed by atoms with Crippen LogP contribution in [0.15, 0.2) is 10.5 Å². The second-order valence-corrected chi connectivity index (χ2v) is 5.03. The van der Waals surface area contributed by atoms with Crippen molar-refractivity contribution in [3.63, 3.8) is 0 Å². The lowest BCUT2D eigenvalue weighted by Crippen LogP contribution is -2.15. The first-order valence-electron chi connectivity index (χ1n) is 5.80. The Labute approximate surface area is 120 Å². The van der Waals surface area contributed by atoms with Gasteiger partial charge in [0.2, 0.25) is 0 Å². The lowest BCUT2D eigenvalue weighted by molar-refractivity contribution is -0.137. The van der Waals surface area contributed by atoms with E-state index in [1.807, 2.05) is 6.92 Å². The van der Waals surface area contributed by atoms with Crippen LogP contribution in [0.5, 0.6) is 11.5 Å². The SMILES string of the molecule is COc1cc(Br)c(C(N)CCC(=O)O)c(C)c1OC. The van der Waals surface area contributed by atoms with Crippen molar-refractivity contribution in [2.45, 2.75) is 25.8 Å². The normalized spacial score (nSPS) is 12.1. The van der Waals surface area contributed by atoms with Gasteiger partial charge in [-0.2, -0.15) is 0 Å². The maximum atomic E-state index is 10.6. The van der Waals surface area contributed by atoms with Gasteiger partial charge in [-0.1, -0.05) is 15.9 Å². The third-order valence-electron chi connectivity index (χ3n) is 2.95. The predicted octanol–water partition coefficient (Wildman–Crippen LogP) is 2.64. The average molecular weight is 332 g/mol. The number of carboxylic acid groups (broad SMARTS) is 1. The molecule has 0 bridgehead atoms. The second kappa shape index (κ2) is 6.77. The molecule has 0 aliphatic carbocycles. The molecule has 0 saturated carbocycles. The van der Waals surface area contributed by atoms with Crippen LogP contribution in [-0.4, -0.2) is 25.3 Å². The van der Waals surface area contributed by atoms with Gasteiger partial charge in [0.25, 0.3) is 0 Å². The van der Waals surface area contributed by atoms with Crippen molar-refractivity contribution in [3.8, 4) is 11.5 Å². The summed E-state index contributed by atoms with van der Waals surface area (Å²) in [5, 5.41) is 8.72. The van der Waals surface area contributed by atoms with Gasteiger partial charge in [-0.25, -0.2) is 0 Å². The van der Waals surface area contributed by atoms with Gasteiger partial charge in [0.05, 0.1) is 14.2 Å². The van der Waals surface area contributed by atoms with E-state index in [-0.39, 0.29) is 12.5 Å². The van der Waals surface area contributed by atoms with E-state index in [0.717, 1.165) is 15.6 Å². The number of ether oxygens (including phenoxy) is 2. The molecule has 0 amide bonds. The van der Waals surface area contributed by atoms with Crippen LogP contribution < -0.4 is 15.2 Å². The summed E-state index contributed by atoms with van der Waals surface area (Å²) in [6.07, 6.45) is 0.394. The number of aliphatic carboxylic acids is 1. The van der Waals surface area contributed by atoms with Crippen molar-refractivity contribution in [1.82, 2.24) is 0 Å². The molecule has 6 heteroatoms. The van der Waals surface area contributed by atoms with E-state index >= 15 is 0 Å². The topological polar surface area (TPSA) is 81.8 Å². The highest BCUT2D eigenvalue weighted by Gasteiger charge is 2.20. The third-order valence-corrected chi connectivity index (χ3v) is 3.60. The third kappa shape index (κ3) is 3.61. The van der Waals surface area contributed by atoms with E-state index in [9.17, 15) is 4.79 Å². The number of nitrogens with two attached hydrogens (primary N) is 1. The molecule has 0 saturated heterocycles. The van der Waals surface area contributed by atoms with Gasteiger partial charge in [-0.3, -0.25) is 4.79 Å². The summed E-state index contributed by atoms with van der Waals surface area (Å²) >= 11 is 3.45. The minimum absolute atomic E-state index is 0.0292. The zero-order chi connectivity index (χ0) is 14.6. The fraction of sp³-hybridized carbons (Fsp3) is 0.462. The quantitative estimate of drug-likeness (QED) is 0.837. The maximum absolute atomic E-state index is 10.6. The van der Waals surface area contributed by atoms with Crippen LogP contribution >= 0.6 is 15.9 Å². The van der Waals surface area contributed by atoms with E-state index in [0.29, 0.717) is 17.9 Å². The molecule has 106 valence electrons. The summed E-state index contributed by atoms with van der Waals surface area (Å²) < 4.78 is 11.4. The van der Waals surface area contributed by atoms with Crippen molar-refractivity contribution in [1.29, 1.82) is 0 Å². The predicted molar refractivity (Wildman–Crippen MR) is 75.8 cm³/mol. The Morgan fingerprint density at radius 2 is 2.11 bits per heavy atom. The monoisotopic (exact) mass is 331 g/mol. The minimum Gasteiger partial charge on any atom is -0.493 e. The molecule has 0 heterocycles. The number of carboxylic acids is 1. The molecule has 0 radical (unpaired) electrons. The molecule has 5 nitrogen and oxygen atoms in total. The molecular weight excluding hydrogens is 314 g/mol. The molecule has 3 N–H and O–H groups in total. The van der Waals surface area contributed by atoms with Crippen LogP contribution in [0, 0.1) is 6.92 Å². The van der Waals surface area contributed by atoms with E-state index < -0.39 is 5.97 Å². The highest BCUT2D eigenvalue weighted by Crippen LogP contribution is 2.40. The number of methoxy groups -OCH3 is 2. The van der Waals surface area contributed by atoms with Gasteiger partial charge in [0.15, 0.2) is 11.5 Å². The van der Waals surface area contributed by atoms with Crippen molar-refractivity contribution in [3.05, 3.63) is 21.7 Å². The van der Waals surface area contributed by atoms with Crippen molar-refractivity contribution >= 4 is 21.9 Å². The lowest BCUT2D eigenvalue weighted by Gasteiger charge is -2.20. The molecule has 1 aromatic rings. The first-order chi connectivity index (χ1) is 8.92. The van der Waals surface area contributed by atoms with Crippen molar-refractivity contribution < 1.29 is 19.4 Å². The average Bonchev–Trinajstić information content (AvgIpc) is 2.35. The standard InChI is InChI=1S/C13H18BrNO4/c1-7-12(9(15)4-5-11(16)17)8(14)6-10(18-2)13(7)19-3/h6,9H,4-5,15H2,1-3H3,(H,16,17). The van der Waals surface area contributed by atoms with Crippen LogP contribution in [0.3, 0.4) is 0 Å². The van der Waals surface area contributed by atoms with E-state index in [2.05, 4.69) is 15.9 Å². The first-order valence-corrected chi connectivity index (χ1v) is 6.60. The number of carbonyl (C=O) groups is 1. The summed E-state index contributed by atoms with van der Waals surface area (Å²) in [6, 6.07) is 1.41. The Bertz CT molecular complexity index is 476. The number of hydrogen-bond donors (Lipinski definition) is 2. The lowest BCUT2D eigenvalue weighted by atomic mass is 9.97. The van der Waals surface area contributed by atoms with Gasteiger partial charge in [-0.05, 0) is 25.0 Å². The second-order valence-electron chi connectivity index (χ2n) is 4.17. The number of hydrogen-bond acceptors (Lipinski definition) is 4. The molecule has 1 unspecified atom stereocenters. The largest absolute Gasteiger partial charge is 0.493 e. The van der Waals surface area contributed by atoms with E-state index in [1.165, 1.54) is 0 Å². The molecule has 0 aliphatic rings. The van der Waals surface area contributed by atoms with Gasteiger partial charge in [-0.15, -0.1) is 0 Å². The maximum Gasteiger partial charge on any atom is 0.303 e. The fourth-order valence-corrected chi connectivity index (χ4v) is 2.83. The summed E-state index contributed by atoms with van der Waals surface area (Å²) in [7, 11) is 3.12. The van der Waals surface area contributed by atoms with Crippen LogP contribution in [0.25, 0.3) is 0 Å². The molecule has 19 heavy (non-hydrogen) atoms. The molecule has 1 aromatic carbocycles. The Hall–Kier alpha value is -1.27. The molecular formula is C13H18BrNO4. The Morgan fingerprint density at radius 3 is 2.58 bits per heavy atom. The molecule has 0 aliphatic heterocycles.